The van der Waals surface area contributed by atoms with E-state index in [1.165, 1.54) is 11.1 Å². The van der Waals surface area contributed by atoms with Gasteiger partial charge in [0.1, 0.15) is 0 Å². The van der Waals surface area contributed by atoms with Crippen molar-refractivity contribution in [2.75, 3.05) is 0 Å². The third-order valence-electron chi connectivity index (χ3n) is 5.67. The second kappa shape index (κ2) is 7.88. The molecule has 5 rings (SSSR count). The van der Waals surface area contributed by atoms with Crippen LogP contribution in [0.1, 0.15) is 40.4 Å². The van der Waals surface area contributed by atoms with Crippen molar-refractivity contribution in [3.8, 4) is 11.3 Å². The van der Waals surface area contributed by atoms with Crippen molar-refractivity contribution in [1.29, 1.82) is 0 Å². The predicted octanol–water partition coefficient (Wildman–Crippen LogP) is 5.76. The van der Waals surface area contributed by atoms with E-state index in [0.29, 0.717) is 10.6 Å². The zero-order valence-corrected chi connectivity index (χ0v) is 17.1. The maximum absolute atomic E-state index is 13.4. The zero-order chi connectivity index (χ0) is 20.5. The number of nitrogens with one attached hydrogen (secondary N) is 1. The van der Waals surface area contributed by atoms with Crippen LogP contribution in [0.2, 0.25) is 5.02 Å². The fourth-order valence-electron chi connectivity index (χ4n) is 4.20. The summed E-state index contributed by atoms with van der Waals surface area (Å²) in [6.45, 7) is 0. The highest BCUT2D eigenvalue weighted by molar-refractivity contribution is 6.31. The van der Waals surface area contributed by atoms with Gasteiger partial charge in [-0.2, -0.15) is 0 Å². The van der Waals surface area contributed by atoms with Crippen LogP contribution in [-0.4, -0.2) is 15.9 Å². The first-order valence-corrected chi connectivity index (χ1v) is 10.5. The third-order valence-corrected chi connectivity index (χ3v) is 5.90. The van der Waals surface area contributed by atoms with Crippen molar-refractivity contribution >= 4 is 28.4 Å². The standard InChI is InChI=1S/C25H20ClN3O/c26-18-8-9-23-20(14-18)21(15-24(28-23)17-10-12-27-13-11-17)25(30)29-22-7-3-5-16-4-1-2-6-19(16)22/h1-2,4,6,8-15,22H,3,5,7H2,(H,29,30)/t22-/m0/s1. The first kappa shape index (κ1) is 18.8. The molecule has 148 valence electrons. The molecule has 0 bridgehead atoms. The summed E-state index contributed by atoms with van der Waals surface area (Å²) in [5, 5.41) is 4.59. The Morgan fingerprint density at radius 2 is 1.87 bits per heavy atom. The van der Waals surface area contributed by atoms with Crippen LogP contribution >= 0.6 is 11.6 Å². The van der Waals surface area contributed by atoms with E-state index in [2.05, 4.69) is 28.5 Å². The average molecular weight is 414 g/mol. The van der Waals surface area contributed by atoms with Crippen LogP contribution in [0, 0.1) is 0 Å². The van der Waals surface area contributed by atoms with Gasteiger partial charge >= 0.3 is 0 Å². The van der Waals surface area contributed by atoms with E-state index >= 15 is 0 Å². The minimum absolute atomic E-state index is 0.00854. The van der Waals surface area contributed by atoms with Gasteiger partial charge in [-0.25, -0.2) is 4.98 Å². The molecule has 30 heavy (non-hydrogen) atoms. The zero-order valence-electron chi connectivity index (χ0n) is 16.3. The highest BCUT2D eigenvalue weighted by atomic mass is 35.5. The van der Waals surface area contributed by atoms with E-state index in [-0.39, 0.29) is 11.9 Å². The first-order valence-electron chi connectivity index (χ1n) is 10.1. The van der Waals surface area contributed by atoms with Gasteiger partial charge in [-0.05, 0) is 66.8 Å². The molecule has 1 aliphatic carbocycles. The van der Waals surface area contributed by atoms with E-state index < -0.39 is 0 Å². The molecule has 1 amide bonds. The molecule has 0 fully saturated rings. The van der Waals surface area contributed by atoms with E-state index in [4.69, 9.17) is 16.6 Å². The van der Waals surface area contributed by atoms with Crippen molar-refractivity contribution in [3.63, 3.8) is 0 Å². The summed E-state index contributed by atoms with van der Waals surface area (Å²) in [4.78, 5) is 22.3. The maximum atomic E-state index is 13.4. The van der Waals surface area contributed by atoms with E-state index in [1.807, 2.05) is 36.4 Å². The molecular formula is C25H20ClN3O. The number of aryl methyl sites for hydroxylation is 1. The second-order valence-electron chi connectivity index (χ2n) is 7.57. The van der Waals surface area contributed by atoms with Gasteiger partial charge in [-0.3, -0.25) is 9.78 Å². The van der Waals surface area contributed by atoms with Crippen molar-refractivity contribution in [2.24, 2.45) is 0 Å². The molecule has 2 aromatic carbocycles. The summed E-state index contributed by atoms with van der Waals surface area (Å²) >= 11 is 6.24. The summed E-state index contributed by atoms with van der Waals surface area (Å²) in [7, 11) is 0. The fraction of sp³-hybridized carbons (Fsp3) is 0.160. The average Bonchev–Trinajstić information content (AvgIpc) is 2.79. The van der Waals surface area contributed by atoms with Gasteiger partial charge < -0.3 is 5.32 Å². The van der Waals surface area contributed by atoms with Crippen LogP contribution in [0.3, 0.4) is 0 Å². The Kier molecular flexibility index (Phi) is 4.93. The molecule has 0 aliphatic heterocycles. The Bertz CT molecular complexity index is 1240. The lowest BCUT2D eigenvalue weighted by Crippen LogP contribution is -2.31. The molecular weight excluding hydrogens is 394 g/mol. The van der Waals surface area contributed by atoms with Gasteiger partial charge in [0.25, 0.3) is 5.91 Å². The fourth-order valence-corrected chi connectivity index (χ4v) is 4.37. The Balaban J connectivity index is 1.57. The molecule has 1 N–H and O–H groups in total. The number of halogens is 1. The molecule has 4 aromatic rings. The Hall–Kier alpha value is -3.24. The SMILES string of the molecule is O=C(N[C@H]1CCCc2ccccc21)c1cc(-c2ccncc2)nc2ccc(Cl)cc12. The van der Waals surface area contributed by atoms with Gasteiger partial charge in [0, 0.05) is 28.4 Å². The normalized spacial score (nSPS) is 15.6. The van der Waals surface area contributed by atoms with E-state index in [1.54, 1.807) is 18.5 Å². The third kappa shape index (κ3) is 3.55. The topological polar surface area (TPSA) is 54.9 Å². The largest absolute Gasteiger partial charge is 0.345 e. The lowest BCUT2D eigenvalue weighted by molar-refractivity contribution is 0.0934. The summed E-state index contributed by atoms with van der Waals surface area (Å²) in [6.07, 6.45) is 6.50. The van der Waals surface area contributed by atoms with Crippen LogP contribution in [0.5, 0.6) is 0 Å². The lowest BCUT2D eigenvalue weighted by Gasteiger charge is -2.26. The number of fused-ring (bicyclic) bond motifs is 2. The summed E-state index contributed by atoms with van der Waals surface area (Å²) < 4.78 is 0. The molecule has 0 unspecified atom stereocenters. The molecule has 0 spiro atoms. The van der Waals surface area contributed by atoms with E-state index in [0.717, 1.165) is 41.4 Å². The van der Waals surface area contributed by atoms with Gasteiger partial charge in [-0.1, -0.05) is 35.9 Å². The number of rotatable bonds is 3. The quantitative estimate of drug-likeness (QED) is 0.464. The number of amides is 1. The summed E-state index contributed by atoms with van der Waals surface area (Å²) in [6, 6.07) is 19.5. The minimum atomic E-state index is -0.110. The van der Waals surface area contributed by atoms with Crippen LogP contribution in [-0.2, 0) is 6.42 Å². The monoisotopic (exact) mass is 413 g/mol. The molecule has 4 nitrogen and oxygen atoms in total. The predicted molar refractivity (Wildman–Crippen MR) is 120 cm³/mol. The van der Waals surface area contributed by atoms with Gasteiger partial charge in [0.2, 0.25) is 0 Å². The highest BCUT2D eigenvalue weighted by Gasteiger charge is 2.23. The Morgan fingerprint density at radius 1 is 1.03 bits per heavy atom. The molecule has 2 heterocycles. The second-order valence-corrected chi connectivity index (χ2v) is 8.01. The van der Waals surface area contributed by atoms with Gasteiger partial charge in [0.05, 0.1) is 22.8 Å². The van der Waals surface area contributed by atoms with Gasteiger partial charge in [0.15, 0.2) is 0 Å². The maximum Gasteiger partial charge on any atom is 0.252 e. The van der Waals surface area contributed by atoms with Crippen LogP contribution in [0.25, 0.3) is 22.2 Å². The van der Waals surface area contributed by atoms with Crippen LogP contribution < -0.4 is 5.32 Å². The number of aromatic nitrogens is 2. The van der Waals surface area contributed by atoms with E-state index in [9.17, 15) is 4.79 Å². The molecule has 1 aliphatic rings. The number of nitrogens with zero attached hydrogens (tertiary/aromatic N) is 2. The number of benzene rings is 2. The molecule has 5 heteroatoms. The minimum Gasteiger partial charge on any atom is -0.345 e. The highest BCUT2D eigenvalue weighted by Crippen LogP contribution is 2.31. The summed E-state index contributed by atoms with van der Waals surface area (Å²) in [5.41, 5.74) is 5.50. The Labute approximate surface area is 180 Å². The first-order chi connectivity index (χ1) is 14.7. The van der Waals surface area contributed by atoms with Crippen molar-refractivity contribution in [1.82, 2.24) is 15.3 Å². The number of carbonyl (C=O) groups excluding carboxylic acids is 1. The summed E-state index contributed by atoms with van der Waals surface area (Å²) in [5.74, 6) is -0.110. The van der Waals surface area contributed by atoms with Crippen LogP contribution in [0.4, 0.5) is 0 Å². The van der Waals surface area contributed by atoms with Crippen molar-refractivity contribution < 1.29 is 4.79 Å². The molecule has 0 radical (unpaired) electrons. The smallest absolute Gasteiger partial charge is 0.252 e. The number of carbonyl (C=O) groups is 1. The van der Waals surface area contributed by atoms with Gasteiger partial charge in [-0.15, -0.1) is 0 Å². The van der Waals surface area contributed by atoms with Crippen molar-refractivity contribution in [3.05, 3.63) is 94.8 Å². The lowest BCUT2D eigenvalue weighted by atomic mass is 9.87. The molecule has 0 saturated carbocycles. The van der Waals surface area contributed by atoms with Crippen LogP contribution in [0.15, 0.2) is 73.1 Å². The molecule has 0 saturated heterocycles. The number of pyridine rings is 2. The molecule has 1 atom stereocenters. The van der Waals surface area contributed by atoms with Crippen molar-refractivity contribution in [2.45, 2.75) is 25.3 Å². The molecule has 2 aromatic heterocycles. The number of hydrogen-bond donors (Lipinski definition) is 1. The Morgan fingerprint density at radius 3 is 2.73 bits per heavy atom. The number of hydrogen-bond acceptors (Lipinski definition) is 3.